The first-order valence-electron chi connectivity index (χ1n) is 6.46. The summed E-state index contributed by atoms with van der Waals surface area (Å²) in [6.07, 6.45) is 0.0982. The van der Waals surface area contributed by atoms with E-state index in [9.17, 15) is 5.11 Å². The highest BCUT2D eigenvalue weighted by Crippen LogP contribution is 2.24. The third-order valence-electron chi connectivity index (χ3n) is 3.16. The fourth-order valence-electron chi connectivity index (χ4n) is 2.48. The standard InChI is InChI=1S/C17H19ClO/c1-11-4-12(2)6-14(5-11)9-17(19)15-7-13(3)8-16(18)10-15/h4-8,10,17,19H,9H2,1-3H3. The molecule has 2 heteroatoms. The van der Waals surface area contributed by atoms with Crippen LogP contribution in [0.2, 0.25) is 5.02 Å². The molecule has 0 bridgehead atoms. The van der Waals surface area contributed by atoms with Crippen molar-refractivity contribution >= 4 is 11.6 Å². The normalized spacial score (nSPS) is 12.5. The number of hydrogen-bond donors (Lipinski definition) is 1. The molecule has 2 aromatic rings. The van der Waals surface area contributed by atoms with Crippen LogP contribution >= 0.6 is 11.6 Å². The molecule has 0 saturated heterocycles. The van der Waals surface area contributed by atoms with Crippen molar-refractivity contribution in [3.8, 4) is 0 Å². The molecule has 1 unspecified atom stereocenters. The molecule has 19 heavy (non-hydrogen) atoms. The molecule has 0 aliphatic rings. The van der Waals surface area contributed by atoms with Gasteiger partial charge in [-0.3, -0.25) is 0 Å². The van der Waals surface area contributed by atoms with Gasteiger partial charge in [-0.1, -0.05) is 47.0 Å². The molecule has 0 aromatic heterocycles. The van der Waals surface area contributed by atoms with Crippen molar-refractivity contribution in [3.63, 3.8) is 0 Å². The van der Waals surface area contributed by atoms with Gasteiger partial charge in [-0.15, -0.1) is 0 Å². The van der Waals surface area contributed by atoms with Crippen molar-refractivity contribution in [2.75, 3.05) is 0 Å². The van der Waals surface area contributed by atoms with Gasteiger partial charge in [0.15, 0.2) is 0 Å². The van der Waals surface area contributed by atoms with Crippen molar-refractivity contribution in [2.45, 2.75) is 33.3 Å². The number of hydrogen-bond acceptors (Lipinski definition) is 1. The number of aliphatic hydroxyl groups is 1. The van der Waals surface area contributed by atoms with Gasteiger partial charge in [-0.05, 0) is 49.6 Å². The summed E-state index contributed by atoms with van der Waals surface area (Å²) < 4.78 is 0. The van der Waals surface area contributed by atoms with Crippen LogP contribution in [0.3, 0.4) is 0 Å². The summed E-state index contributed by atoms with van der Waals surface area (Å²) in [6, 6.07) is 12.1. The lowest BCUT2D eigenvalue weighted by molar-refractivity contribution is 0.178. The van der Waals surface area contributed by atoms with Crippen molar-refractivity contribution < 1.29 is 5.11 Å². The Bertz CT molecular complexity index is 549. The van der Waals surface area contributed by atoms with Crippen molar-refractivity contribution in [3.05, 3.63) is 69.2 Å². The highest BCUT2D eigenvalue weighted by Gasteiger charge is 2.10. The topological polar surface area (TPSA) is 20.2 Å². The highest BCUT2D eigenvalue weighted by molar-refractivity contribution is 6.30. The predicted molar refractivity (Wildman–Crippen MR) is 80.8 cm³/mol. The van der Waals surface area contributed by atoms with Crippen LogP contribution in [0.5, 0.6) is 0 Å². The minimum absolute atomic E-state index is 0.515. The maximum atomic E-state index is 10.3. The fraction of sp³-hybridized carbons (Fsp3) is 0.294. The molecule has 0 saturated carbocycles. The Hall–Kier alpha value is -1.31. The van der Waals surface area contributed by atoms with Crippen LogP contribution in [0, 0.1) is 20.8 Å². The first kappa shape index (κ1) is 14.1. The molecule has 2 rings (SSSR count). The third-order valence-corrected chi connectivity index (χ3v) is 3.38. The summed E-state index contributed by atoms with van der Waals surface area (Å²) >= 11 is 6.04. The Morgan fingerprint density at radius 2 is 1.47 bits per heavy atom. The van der Waals surface area contributed by atoms with E-state index in [-0.39, 0.29) is 0 Å². The number of rotatable bonds is 3. The summed E-state index contributed by atoms with van der Waals surface area (Å²) in [4.78, 5) is 0. The van der Waals surface area contributed by atoms with E-state index in [0.29, 0.717) is 11.4 Å². The molecule has 0 heterocycles. The summed E-state index contributed by atoms with van der Waals surface area (Å²) in [5.41, 5.74) is 5.56. The molecule has 2 aromatic carbocycles. The minimum atomic E-state index is -0.515. The van der Waals surface area contributed by atoms with Gasteiger partial charge in [0.2, 0.25) is 0 Å². The molecular formula is C17H19ClO. The zero-order chi connectivity index (χ0) is 14.0. The molecule has 0 spiro atoms. The van der Waals surface area contributed by atoms with Crippen LogP contribution in [-0.2, 0) is 6.42 Å². The lowest BCUT2D eigenvalue weighted by Crippen LogP contribution is -2.03. The molecule has 0 amide bonds. The molecule has 0 fully saturated rings. The van der Waals surface area contributed by atoms with E-state index in [1.807, 2.05) is 25.1 Å². The Morgan fingerprint density at radius 1 is 0.895 bits per heavy atom. The second-order valence-corrected chi connectivity index (χ2v) is 5.71. The van der Waals surface area contributed by atoms with Crippen LogP contribution in [0.15, 0.2) is 36.4 Å². The smallest absolute Gasteiger partial charge is 0.0830 e. The van der Waals surface area contributed by atoms with E-state index in [1.54, 1.807) is 0 Å². The van der Waals surface area contributed by atoms with Gasteiger partial charge in [-0.25, -0.2) is 0 Å². The Labute approximate surface area is 119 Å². The lowest BCUT2D eigenvalue weighted by atomic mass is 9.98. The second kappa shape index (κ2) is 5.77. The van der Waals surface area contributed by atoms with Gasteiger partial charge in [0, 0.05) is 11.4 Å². The average Bonchev–Trinajstić information content (AvgIpc) is 2.25. The molecule has 0 radical (unpaired) electrons. The second-order valence-electron chi connectivity index (χ2n) is 5.28. The van der Waals surface area contributed by atoms with Crippen LogP contribution in [0.25, 0.3) is 0 Å². The molecule has 0 aliphatic heterocycles. The molecule has 100 valence electrons. The number of aliphatic hydroxyl groups excluding tert-OH is 1. The number of benzene rings is 2. The Morgan fingerprint density at radius 3 is 2.05 bits per heavy atom. The number of aryl methyl sites for hydroxylation is 3. The first-order valence-corrected chi connectivity index (χ1v) is 6.84. The maximum absolute atomic E-state index is 10.3. The van der Waals surface area contributed by atoms with Gasteiger partial charge in [0.1, 0.15) is 0 Å². The Kier molecular flexibility index (Phi) is 4.28. The van der Waals surface area contributed by atoms with Crippen LogP contribution in [-0.4, -0.2) is 5.11 Å². The largest absolute Gasteiger partial charge is 0.388 e. The molecule has 0 aliphatic carbocycles. The van der Waals surface area contributed by atoms with Crippen molar-refractivity contribution in [1.82, 2.24) is 0 Å². The van der Waals surface area contributed by atoms with E-state index in [1.165, 1.54) is 11.1 Å². The third kappa shape index (κ3) is 3.82. The van der Waals surface area contributed by atoms with E-state index >= 15 is 0 Å². The molecule has 1 nitrogen and oxygen atoms in total. The van der Waals surface area contributed by atoms with Crippen LogP contribution in [0.1, 0.15) is 33.9 Å². The monoisotopic (exact) mass is 274 g/mol. The van der Waals surface area contributed by atoms with E-state index < -0.39 is 6.10 Å². The summed E-state index contributed by atoms with van der Waals surface area (Å²) in [7, 11) is 0. The zero-order valence-electron chi connectivity index (χ0n) is 11.6. The summed E-state index contributed by atoms with van der Waals surface area (Å²) in [6.45, 7) is 6.14. The predicted octanol–water partition coefficient (Wildman–Crippen LogP) is 4.54. The average molecular weight is 275 g/mol. The van der Waals surface area contributed by atoms with Crippen molar-refractivity contribution in [1.29, 1.82) is 0 Å². The van der Waals surface area contributed by atoms with Gasteiger partial charge >= 0.3 is 0 Å². The van der Waals surface area contributed by atoms with Gasteiger partial charge in [0.25, 0.3) is 0 Å². The van der Waals surface area contributed by atoms with E-state index in [2.05, 4.69) is 32.0 Å². The molecule has 1 atom stereocenters. The van der Waals surface area contributed by atoms with Gasteiger partial charge in [-0.2, -0.15) is 0 Å². The fourth-order valence-corrected chi connectivity index (χ4v) is 2.78. The minimum Gasteiger partial charge on any atom is -0.388 e. The lowest BCUT2D eigenvalue weighted by Gasteiger charge is -2.13. The molecule has 1 N–H and O–H groups in total. The maximum Gasteiger partial charge on any atom is 0.0830 e. The summed E-state index contributed by atoms with van der Waals surface area (Å²) in [5.74, 6) is 0. The quantitative estimate of drug-likeness (QED) is 0.871. The SMILES string of the molecule is Cc1cc(C)cc(CC(O)c2cc(C)cc(Cl)c2)c1. The molecular weight excluding hydrogens is 256 g/mol. The van der Waals surface area contributed by atoms with Gasteiger partial charge in [0.05, 0.1) is 6.10 Å². The van der Waals surface area contributed by atoms with Gasteiger partial charge < -0.3 is 5.11 Å². The van der Waals surface area contributed by atoms with Crippen molar-refractivity contribution in [2.24, 2.45) is 0 Å². The summed E-state index contributed by atoms with van der Waals surface area (Å²) in [5, 5.41) is 11.0. The Balaban J connectivity index is 2.22. The zero-order valence-corrected chi connectivity index (χ0v) is 12.3. The van der Waals surface area contributed by atoms with Crippen LogP contribution in [0.4, 0.5) is 0 Å². The van der Waals surface area contributed by atoms with E-state index in [0.717, 1.165) is 16.7 Å². The van der Waals surface area contributed by atoms with Crippen LogP contribution < -0.4 is 0 Å². The number of halogens is 1. The first-order chi connectivity index (χ1) is 8.94. The van der Waals surface area contributed by atoms with E-state index in [4.69, 9.17) is 11.6 Å². The highest BCUT2D eigenvalue weighted by atomic mass is 35.5.